The number of aromatic nitrogens is 1. The molecule has 0 bridgehead atoms. The van der Waals surface area contributed by atoms with E-state index in [0.717, 1.165) is 22.9 Å². The summed E-state index contributed by atoms with van der Waals surface area (Å²) >= 11 is 1.27. The number of thiazole rings is 1. The zero-order valence-electron chi connectivity index (χ0n) is 23.7. The van der Waals surface area contributed by atoms with Gasteiger partial charge in [0.2, 0.25) is 5.13 Å². The third kappa shape index (κ3) is 7.76. The van der Waals surface area contributed by atoms with Gasteiger partial charge in [-0.05, 0) is 61.0 Å². The molecule has 0 fully saturated rings. The van der Waals surface area contributed by atoms with Crippen LogP contribution in [0.3, 0.4) is 0 Å². The van der Waals surface area contributed by atoms with E-state index in [4.69, 9.17) is 9.47 Å². The maximum Gasteiger partial charge on any atom is 0.343 e. The van der Waals surface area contributed by atoms with Gasteiger partial charge in [-0.2, -0.15) is 0 Å². The molecule has 1 aromatic heterocycles. The van der Waals surface area contributed by atoms with Crippen molar-refractivity contribution in [3.63, 3.8) is 0 Å². The van der Waals surface area contributed by atoms with Crippen LogP contribution < -0.4 is 9.47 Å². The number of unbranched alkanes of at least 4 members (excludes halogenated alkanes) is 7. The van der Waals surface area contributed by atoms with Crippen LogP contribution in [0.4, 0.5) is 15.2 Å². The highest BCUT2D eigenvalue weighted by atomic mass is 32.1. The Balaban J connectivity index is 1.18. The van der Waals surface area contributed by atoms with Crippen LogP contribution >= 0.6 is 11.3 Å². The summed E-state index contributed by atoms with van der Waals surface area (Å²) in [4.78, 5) is 17.4. The van der Waals surface area contributed by atoms with Crippen molar-refractivity contribution in [2.75, 3.05) is 6.61 Å². The van der Waals surface area contributed by atoms with Crippen molar-refractivity contribution in [1.29, 1.82) is 0 Å². The highest BCUT2D eigenvalue weighted by Gasteiger charge is 2.13. The average Bonchev–Trinajstić information content (AvgIpc) is 3.42. The van der Waals surface area contributed by atoms with E-state index in [1.54, 1.807) is 42.5 Å². The summed E-state index contributed by atoms with van der Waals surface area (Å²) in [6.45, 7) is 2.91. The first-order valence-electron chi connectivity index (χ1n) is 14.6. The molecule has 0 spiro atoms. The molecule has 0 unspecified atom stereocenters. The summed E-state index contributed by atoms with van der Waals surface area (Å²) in [7, 11) is 0. The summed E-state index contributed by atoms with van der Waals surface area (Å²) in [5, 5.41) is 10.6. The first kappa shape index (κ1) is 29.3. The van der Waals surface area contributed by atoms with E-state index in [9.17, 15) is 9.18 Å². The summed E-state index contributed by atoms with van der Waals surface area (Å²) in [6.07, 6.45) is 10.0. The second-order valence-electron chi connectivity index (χ2n) is 10.2. The van der Waals surface area contributed by atoms with Crippen molar-refractivity contribution < 1.29 is 18.7 Å². The predicted octanol–water partition coefficient (Wildman–Crippen LogP) is 10.7. The zero-order chi connectivity index (χ0) is 29.1. The van der Waals surface area contributed by atoms with Gasteiger partial charge in [-0.15, -0.1) is 10.2 Å². The highest BCUT2D eigenvalue weighted by Crippen LogP contribution is 2.36. The molecule has 42 heavy (non-hydrogen) atoms. The van der Waals surface area contributed by atoms with Gasteiger partial charge in [-0.3, -0.25) is 0 Å². The van der Waals surface area contributed by atoms with Gasteiger partial charge < -0.3 is 9.47 Å². The van der Waals surface area contributed by atoms with Crippen molar-refractivity contribution in [3.05, 3.63) is 90.2 Å². The van der Waals surface area contributed by atoms with Gasteiger partial charge in [0, 0.05) is 10.8 Å². The number of halogens is 1. The molecular weight excluding hydrogens is 549 g/mol. The highest BCUT2D eigenvalue weighted by molar-refractivity contribution is 7.21. The molecule has 0 saturated heterocycles. The van der Waals surface area contributed by atoms with Gasteiger partial charge in [0.1, 0.15) is 17.3 Å². The summed E-state index contributed by atoms with van der Waals surface area (Å²) in [5.74, 6) is 0.406. The Morgan fingerprint density at radius 3 is 2.36 bits per heavy atom. The van der Waals surface area contributed by atoms with Crippen LogP contribution in [0, 0.1) is 5.82 Å². The molecule has 0 aliphatic carbocycles. The Kier molecular flexibility index (Phi) is 10.2. The molecule has 0 aliphatic rings. The van der Waals surface area contributed by atoms with Crippen LogP contribution in [0.25, 0.3) is 21.0 Å². The Labute approximate surface area is 249 Å². The molecule has 5 aromatic rings. The van der Waals surface area contributed by atoms with Crippen molar-refractivity contribution in [2.45, 2.75) is 58.3 Å². The van der Waals surface area contributed by atoms with Gasteiger partial charge in [0.25, 0.3) is 0 Å². The summed E-state index contributed by atoms with van der Waals surface area (Å²) in [6, 6.07) is 22.5. The maximum absolute atomic E-state index is 13.5. The predicted molar refractivity (Wildman–Crippen MR) is 167 cm³/mol. The molecule has 0 saturated carbocycles. The minimum atomic E-state index is -0.453. The van der Waals surface area contributed by atoms with E-state index in [1.165, 1.54) is 68.4 Å². The van der Waals surface area contributed by atoms with Crippen LogP contribution in [0.2, 0.25) is 0 Å². The van der Waals surface area contributed by atoms with Gasteiger partial charge >= 0.3 is 5.97 Å². The van der Waals surface area contributed by atoms with E-state index in [1.807, 2.05) is 24.3 Å². The van der Waals surface area contributed by atoms with E-state index in [0.29, 0.717) is 39.0 Å². The quantitative estimate of drug-likeness (QED) is 0.0564. The number of fused-ring (bicyclic) bond motifs is 2. The van der Waals surface area contributed by atoms with Crippen LogP contribution in [0.5, 0.6) is 11.5 Å². The fourth-order valence-electron chi connectivity index (χ4n) is 4.73. The normalized spacial score (nSPS) is 11.5. The molecule has 0 amide bonds. The van der Waals surface area contributed by atoms with Gasteiger partial charge in [0.05, 0.1) is 28.1 Å². The third-order valence-corrected chi connectivity index (χ3v) is 7.91. The van der Waals surface area contributed by atoms with E-state index in [-0.39, 0.29) is 5.82 Å². The first-order chi connectivity index (χ1) is 20.6. The largest absolute Gasteiger partial charge is 0.494 e. The SMILES string of the molecule is CCCCCCCCCCOc1ccc(C(=O)Oc2ccc(N=Nc3nc4ccc(F)cc4s3)c3ccccc23)cc1. The summed E-state index contributed by atoms with van der Waals surface area (Å²) in [5.41, 5.74) is 1.72. The number of rotatable bonds is 14. The molecule has 0 aliphatic heterocycles. The number of hydrogen-bond donors (Lipinski definition) is 0. The van der Waals surface area contributed by atoms with Crippen LogP contribution in [-0.4, -0.2) is 17.6 Å². The lowest BCUT2D eigenvalue weighted by Gasteiger charge is -2.10. The van der Waals surface area contributed by atoms with Gasteiger partial charge in [-0.1, -0.05) is 87.5 Å². The molecule has 8 heteroatoms. The fraction of sp³-hybridized carbons (Fsp3) is 0.294. The Morgan fingerprint density at radius 1 is 0.833 bits per heavy atom. The number of azo groups is 1. The van der Waals surface area contributed by atoms with E-state index < -0.39 is 5.97 Å². The molecular formula is C34H34FN3O3S. The third-order valence-electron chi connectivity index (χ3n) is 7.00. The number of carbonyl (C=O) groups excluding carboxylic acids is 1. The number of benzene rings is 4. The van der Waals surface area contributed by atoms with Crippen LogP contribution in [0.1, 0.15) is 68.6 Å². The number of hydrogen-bond acceptors (Lipinski definition) is 7. The second kappa shape index (κ2) is 14.6. The second-order valence-corrected chi connectivity index (χ2v) is 11.2. The molecule has 0 N–H and O–H groups in total. The van der Waals surface area contributed by atoms with Crippen molar-refractivity contribution in [2.24, 2.45) is 10.2 Å². The molecule has 6 nitrogen and oxygen atoms in total. The molecule has 216 valence electrons. The standard InChI is InChI=1S/C34H34FN3O3S/c1-2-3-4-5-6-7-8-11-22-40-26-17-14-24(15-18-26)33(39)41-31-21-20-29(27-12-9-10-13-28(27)31)37-38-34-36-30-19-16-25(35)23-32(30)42-34/h9-10,12-21,23H,2-8,11,22H2,1H3. The number of carbonyl (C=O) groups is 1. The molecule has 4 aromatic carbocycles. The number of esters is 1. The number of nitrogens with zero attached hydrogens (tertiary/aromatic N) is 3. The van der Waals surface area contributed by atoms with Crippen LogP contribution in [0.15, 0.2) is 89.1 Å². The smallest absolute Gasteiger partial charge is 0.343 e. The minimum Gasteiger partial charge on any atom is -0.494 e. The lowest BCUT2D eigenvalue weighted by Crippen LogP contribution is -2.08. The summed E-state index contributed by atoms with van der Waals surface area (Å²) < 4.78 is 25.9. The minimum absolute atomic E-state index is 0.316. The zero-order valence-corrected chi connectivity index (χ0v) is 24.5. The topological polar surface area (TPSA) is 73.1 Å². The van der Waals surface area contributed by atoms with Crippen molar-refractivity contribution >= 4 is 49.1 Å². The Hall–Kier alpha value is -4.17. The fourth-order valence-corrected chi connectivity index (χ4v) is 5.54. The first-order valence-corrected chi connectivity index (χ1v) is 15.4. The molecule has 1 heterocycles. The number of ether oxygens (including phenoxy) is 2. The van der Waals surface area contributed by atoms with Crippen LogP contribution in [-0.2, 0) is 0 Å². The molecule has 0 atom stereocenters. The monoisotopic (exact) mass is 583 g/mol. The molecule has 0 radical (unpaired) electrons. The van der Waals surface area contributed by atoms with E-state index in [2.05, 4.69) is 22.1 Å². The van der Waals surface area contributed by atoms with Gasteiger partial charge in [0.15, 0.2) is 0 Å². The average molecular weight is 584 g/mol. The van der Waals surface area contributed by atoms with E-state index >= 15 is 0 Å². The van der Waals surface area contributed by atoms with Crippen molar-refractivity contribution in [1.82, 2.24) is 4.98 Å². The lowest BCUT2D eigenvalue weighted by molar-refractivity contribution is 0.0737. The van der Waals surface area contributed by atoms with Crippen molar-refractivity contribution in [3.8, 4) is 11.5 Å². The Bertz CT molecular complexity index is 1670. The molecule has 5 rings (SSSR count). The maximum atomic E-state index is 13.5. The Morgan fingerprint density at radius 2 is 1.57 bits per heavy atom. The van der Waals surface area contributed by atoms with Gasteiger partial charge in [-0.25, -0.2) is 14.2 Å². The lowest BCUT2D eigenvalue weighted by atomic mass is 10.1.